The molecular weight excluding hydrogens is 212 g/mol. The number of ketones is 1. The van der Waals surface area contributed by atoms with E-state index in [1.54, 1.807) is 0 Å². The molecule has 1 saturated carbocycles. The van der Waals surface area contributed by atoms with Crippen molar-refractivity contribution in [3.63, 3.8) is 0 Å². The smallest absolute Gasteiger partial charge is 0.133 e. The maximum Gasteiger partial charge on any atom is 0.133 e. The van der Waals surface area contributed by atoms with Crippen molar-refractivity contribution >= 4 is 14.6 Å². The Morgan fingerprint density at radius 2 is 1.81 bits per heavy atom. The summed E-state index contributed by atoms with van der Waals surface area (Å²) < 4.78 is 0. The van der Waals surface area contributed by atoms with E-state index in [9.17, 15) is 4.79 Å². The maximum atomic E-state index is 12.2. The summed E-state index contributed by atoms with van der Waals surface area (Å²) in [5.74, 6) is 2.71. The second kappa shape index (κ2) is 5.48. The summed E-state index contributed by atoms with van der Waals surface area (Å²) in [6.07, 6.45) is 6.49. The van der Waals surface area contributed by atoms with Gasteiger partial charge in [-0.25, -0.2) is 0 Å². The number of carbonyl (C=O) groups excluding carboxylic acids is 1. The number of carbonyl (C=O) groups is 1. The second-order valence-electron chi connectivity index (χ2n) is 6.29. The van der Waals surface area contributed by atoms with Gasteiger partial charge in [0.05, 0.1) is 0 Å². The predicted molar refractivity (Wildman–Crippen MR) is 71.5 cm³/mol. The van der Waals surface area contributed by atoms with Crippen molar-refractivity contribution < 1.29 is 4.79 Å². The van der Waals surface area contributed by atoms with E-state index in [2.05, 4.69) is 13.8 Å². The Kier molecular flexibility index (Phi) is 4.23. The van der Waals surface area contributed by atoms with E-state index in [0.717, 1.165) is 17.9 Å². The maximum absolute atomic E-state index is 12.2. The lowest BCUT2D eigenvalue weighted by molar-refractivity contribution is -0.122. The van der Waals surface area contributed by atoms with Crippen molar-refractivity contribution in [1.82, 2.24) is 0 Å². The highest BCUT2D eigenvalue weighted by molar-refractivity contribution is 6.63. The first kappa shape index (κ1) is 12.3. The molecule has 0 N–H and O–H groups in total. The highest BCUT2D eigenvalue weighted by atomic mass is 28.3. The minimum absolute atomic E-state index is 0.444. The molecule has 3 atom stereocenters. The molecule has 0 bridgehead atoms. The third-order valence-electron chi connectivity index (χ3n) is 5.02. The van der Waals surface area contributed by atoms with Crippen molar-refractivity contribution in [2.45, 2.75) is 64.1 Å². The monoisotopic (exact) mass is 238 g/mol. The average molecular weight is 238 g/mol. The van der Waals surface area contributed by atoms with Crippen molar-refractivity contribution in [1.29, 1.82) is 0 Å². The third-order valence-corrected chi connectivity index (χ3v) is 8.45. The molecule has 16 heavy (non-hydrogen) atoms. The van der Waals surface area contributed by atoms with Gasteiger partial charge in [-0.3, -0.25) is 4.79 Å². The quantitative estimate of drug-likeness (QED) is 0.686. The summed E-state index contributed by atoms with van der Waals surface area (Å²) >= 11 is 0. The van der Waals surface area contributed by atoms with Gasteiger partial charge in [0.1, 0.15) is 5.78 Å². The van der Waals surface area contributed by atoms with Gasteiger partial charge in [0.15, 0.2) is 0 Å². The highest BCUT2D eigenvalue weighted by Gasteiger charge is 2.30. The molecule has 1 heterocycles. The standard InChI is InChI=1S/C14H26OSi/c1-11-5-6-13(9-12(11)2)14(15)10-16-7-3-4-8-16/h11-13,16H,3-10H2,1-2H3/t11?,12-,13?/m1/s1. The van der Waals surface area contributed by atoms with Gasteiger partial charge in [0.25, 0.3) is 0 Å². The molecule has 2 aliphatic rings. The molecule has 1 aliphatic heterocycles. The molecule has 0 amide bonds. The molecule has 0 radical (unpaired) electrons. The molecule has 2 fully saturated rings. The summed E-state index contributed by atoms with van der Waals surface area (Å²) in [6.45, 7) is 4.67. The molecule has 0 spiro atoms. The first-order chi connectivity index (χ1) is 7.66. The second-order valence-corrected chi connectivity index (χ2v) is 9.58. The summed E-state index contributed by atoms with van der Waals surface area (Å²) in [5.41, 5.74) is 0. The third kappa shape index (κ3) is 2.97. The van der Waals surface area contributed by atoms with Crippen LogP contribution in [0.25, 0.3) is 0 Å². The van der Waals surface area contributed by atoms with Gasteiger partial charge in [0.2, 0.25) is 0 Å². The average Bonchev–Trinajstić information content (AvgIpc) is 2.74. The zero-order chi connectivity index (χ0) is 11.5. The lowest BCUT2D eigenvalue weighted by atomic mass is 9.74. The van der Waals surface area contributed by atoms with Gasteiger partial charge in [-0.05, 0) is 37.1 Å². The SMILES string of the molecule is CC1CCC(C(=O)C[SiH]2CCCC2)C[C@H]1C. The van der Waals surface area contributed by atoms with Crippen LogP contribution in [-0.2, 0) is 4.79 Å². The lowest BCUT2D eigenvalue weighted by Crippen LogP contribution is -2.28. The van der Waals surface area contributed by atoms with Crippen LogP contribution >= 0.6 is 0 Å². The highest BCUT2D eigenvalue weighted by Crippen LogP contribution is 2.35. The van der Waals surface area contributed by atoms with Crippen LogP contribution in [0.2, 0.25) is 18.1 Å². The van der Waals surface area contributed by atoms with Gasteiger partial charge in [-0.15, -0.1) is 0 Å². The normalized spacial score (nSPS) is 36.5. The Labute approximate surface area is 102 Å². The van der Waals surface area contributed by atoms with Crippen molar-refractivity contribution in [2.24, 2.45) is 17.8 Å². The zero-order valence-electron chi connectivity index (χ0n) is 10.9. The van der Waals surface area contributed by atoms with Crippen LogP contribution in [0.4, 0.5) is 0 Å². The van der Waals surface area contributed by atoms with Gasteiger partial charge in [0, 0.05) is 14.7 Å². The Morgan fingerprint density at radius 3 is 2.44 bits per heavy atom. The summed E-state index contributed by atoms with van der Waals surface area (Å²) in [6, 6.07) is 3.93. The molecule has 1 aliphatic carbocycles. The summed E-state index contributed by atoms with van der Waals surface area (Å²) in [4.78, 5) is 12.2. The van der Waals surface area contributed by atoms with Crippen molar-refractivity contribution in [2.75, 3.05) is 0 Å². The van der Waals surface area contributed by atoms with Crippen LogP contribution in [0.5, 0.6) is 0 Å². The fourth-order valence-electron chi connectivity index (χ4n) is 3.51. The molecule has 92 valence electrons. The Hall–Kier alpha value is -0.113. The van der Waals surface area contributed by atoms with Crippen LogP contribution in [0, 0.1) is 17.8 Å². The molecule has 1 nitrogen and oxygen atoms in total. The van der Waals surface area contributed by atoms with Crippen molar-refractivity contribution in [3.05, 3.63) is 0 Å². The van der Waals surface area contributed by atoms with E-state index in [4.69, 9.17) is 0 Å². The van der Waals surface area contributed by atoms with E-state index in [-0.39, 0.29) is 0 Å². The van der Waals surface area contributed by atoms with Gasteiger partial charge < -0.3 is 0 Å². The first-order valence-electron chi connectivity index (χ1n) is 7.19. The van der Waals surface area contributed by atoms with Crippen LogP contribution in [0.1, 0.15) is 46.0 Å². The summed E-state index contributed by atoms with van der Waals surface area (Å²) in [7, 11) is -0.595. The fraction of sp³-hybridized carbons (Fsp3) is 0.929. The predicted octanol–water partition coefficient (Wildman–Crippen LogP) is 3.65. The number of rotatable bonds is 3. The molecule has 1 saturated heterocycles. The van der Waals surface area contributed by atoms with E-state index in [1.165, 1.54) is 44.2 Å². The number of Topliss-reactive ketones (excluding diaryl/α,β-unsaturated/α-hetero) is 1. The molecule has 2 rings (SSSR count). The number of hydrogen-bond acceptors (Lipinski definition) is 1. The number of hydrogen-bond donors (Lipinski definition) is 0. The minimum atomic E-state index is -0.595. The molecule has 0 aromatic heterocycles. The van der Waals surface area contributed by atoms with Crippen molar-refractivity contribution in [3.8, 4) is 0 Å². The van der Waals surface area contributed by atoms with E-state index < -0.39 is 8.80 Å². The van der Waals surface area contributed by atoms with Gasteiger partial charge >= 0.3 is 0 Å². The van der Waals surface area contributed by atoms with Crippen LogP contribution in [0.3, 0.4) is 0 Å². The fourth-order valence-corrected chi connectivity index (χ4v) is 6.84. The lowest BCUT2D eigenvalue weighted by Gasteiger charge is -2.31. The molecule has 0 aromatic rings. The van der Waals surface area contributed by atoms with Crippen LogP contribution in [-0.4, -0.2) is 14.6 Å². The van der Waals surface area contributed by atoms with Gasteiger partial charge in [-0.1, -0.05) is 38.8 Å². The van der Waals surface area contributed by atoms with E-state index in [0.29, 0.717) is 11.7 Å². The zero-order valence-corrected chi connectivity index (χ0v) is 12.0. The minimum Gasteiger partial charge on any atom is -0.300 e. The summed E-state index contributed by atoms with van der Waals surface area (Å²) in [5, 5.41) is 0. The Morgan fingerprint density at radius 1 is 1.12 bits per heavy atom. The Balaban J connectivity index is 1.80. The molecule has 0 aromatic carbocycles. The molecule has 2 unspecified atom stereocenters. The Bertz CT molecular complexity index is 245. The molecule has 2 heteroatoms. The van der Waals surface area contributed by atoms with E-state index in [1.807, 2.05) is 0 Å². The van der Waals surface area contributed by atoms with Crippen LogP contribution in [0.15, 0.2) is 0 Å². The largest absolute Gasteiger partial charge is 0.300 e. The molecular formula is C14H26OSi. The topological polar surface area (TPSA) is 17.1 Å². The first-order valence-corrected chi connectivity index (χ1v) is 9.64. The van der Waals surface area contributed by atoms with Crippen LogP contribution < -0.4 is 0 Å². The van der Waals surface area contributed by atoms with E-state index >= 15 is 0 Å². The van der Waals surface area contributed by atoms with Gasteiger partial charge in [-0.2, -0.15) is 0 Å².